The van der Waals surface area contributed by atoms with Gasteiger partial charge in [0.05, 0.1) is 36.1 Å². The fraction of sp³-hybridized carbons (Fsp3) is 0.150. The van der Waals surface area contributed by atoms with E-state index in [1.165, 1.54) is 13.4 Å². The van der Waals surface area contributed by atoms with Gasteiger partial charge < -0.3 is 14.5 Å². The van der Waals surface area contributed by atoms with E-state index in [0.717, 1.165) is 23.8 Å². The highest BCUT2D eigenvalue weighted by atomic mass is 32.2. The topological polar surface area (TPSA) is 97.6 Å². The highest BCUT2D eigenvalue weighted by Gasteiger charge is 2.20. The predicted molar refractivity (Wildman–Crippen MR) is 105 cm³/mol. The first-order valence-electron chi connectivity index (χ1n) is 8.58. The van der Waals surface area contributed by atoms with Crippen LogP contribution in [0.5, 0.6) is 5.75 Å². The number of nitrogens with one attached hydrogen (secondary N) is 2. The molecule has 0 aliphatic heterocycles. The molecule has 7 nitrogen and oxygen atoms in total. The van der Waals surface area contributed by atoms with Gasteiger partial charge in [0.15, 0.2) is 0 Å². The Balaban J connectivity index is 1.85. The van der Waals surface area contributed by atoms with Crippen LogP contribution in [0, 0.1) is 12.7 Å². The quantitative estimate of drug-likeness (QED) is 0.612. The average Bonchev–Trinajstić information content (AvgIpc) is 3.20. The van der Waals surface area contributed by atoms with Crippen molar-refractivity contribution >= 4 is 21.6 Å². The molecule has 2 N–H and O–H groups in total. The summed E-state index contributed by atoms with van der Waals surface area (Å²) in [6, 6.07) is 11.4. The van der Waals surface area contributed by atoms with Gasteiger partial charge in [-0.05, 0) is 55.0 Å². The molecule has 9 heteroatoms. The van der Waals surface area contributed by atoms with Gasteiger partial charge >= 0.3 is 0 Å². The zero-order valence-electron chi connectivity index (χ0n) is 15.7. The van der Waals surface area contributed by atoms with Crippen molar-refractivity contribution in [1.82, 2.24) is 4.72 Å². The number of hydrogen-bond donors (Lipinski definition) is 2. The van der Waals surface area contributed by atoms with Crippen LogP contribution in [-0.4, -0.2) is 21.4 Å². The Kier molecular flexibility index (Phi) is 6.00. The second-order valence-electron chi connectivity index (χ2n) is 6.20. The van der Waals surface area contributed by atoms with E-state index >= 15 is 0 Å². The van der Waals surface area contributed by atoms with Crippen LogP contribution in [0.4, 0.5) is 10.1 Å². The minimum Gasteiger partial charge on any atom is -0.495 e. The normalized spacial score (nSPS) is 11.3. The van der Waals surface area contributed by atoms with Gasteiger partial charge in [0.1, 0.15) is 17.3 Å². The minimum atomic E-state index is -3.98. The van der Waals surface area contributed by atoms with Crippen molar-refractivity contribution in [2.75, 3.05) is 12.4 Å². The van der Waals surface area contributed by atoms with Crippen LogP contribution in [0.2, 0.25) is 0 Å². The van der Waals surface area contributed by atoms with E-state index in [-0.39, 0.29) is 11.4 Å². The molecule has 0 saturated carbocycles. The lowest BCUT2D eigenvalue weighted by atomic mass is 10.1. The second kappa shape index (κ2) is 8.46. The van der Waals surface area contributed by atoms with Gasteiger partial charge in [-0.2, -0.15) is 0 Å². The van der Waals surface area contributed by atoms with Gasteiger partial charge in [0, 0.05) is 0 Å². The van der Waals surface area contributed by atoms with E-state index < -0.39 is 27.3 Å². The van der Waals surface area contributed by atoms with Crippen molar-refractivity contribution in [2.45, 2.75) is 18.4 Å². The van der Waals surface area contributed by atoms with Crippen molar-refractivity contribution < 1.29 is 26.8 Å². The Morgan fingerprint density at radius 2 is 1.97 bits per heavy atom. The number of furan rings is 1. The highest BCUT2D eigenvalue weighted by molar-refractivity contribution is 7.89. The van der Waals surface area contributed by atoms with Crippen LogP contribution in [0.25, 0.3) is 0 Å². The number of sulfonamides is 1. The number of benzene rings is 2. The average molecular weight is 418 g/mol. The van der Waals surface area contributed by atoms with Gasteiger partial charge in [0.25, 0.3) is 5.91 Å². The molecule has 3 rings (SSSR count). The third-order valence-electron chi connectivity index (χ3n) is 4.11. The van der Waals surface area contributed by atoms with Crippen molar-refractivity contribution in [3.63, 3.8) is 0 Å². The van der Waals surface area contributed by atoms with Crippen LogP contribution in [0.1, 0.15) is 21.7 Å². The fourth-order valence-electron chi connectivity index (χ4n) is 2.62. The highest BCUT2D eigenvalue weighted by Crippen LogP contribution is 2.26. The second-order valence-corrected chi connectivity index (χ2v) is 7.97. The number of ether oxygens (including phenoxy) is 1. The van der Waals surface area contributed by atoms with Crippen LogP contribution >= 0.6 is 0 Å². The molecular weight excluding hydrogens is 399 g/mol. The van der Waals surface area contributed by atoms with E-state index in [1.807, 2.05) is 6.92 Å². The molecule has 0 fully saturated rings. The minimum absolute atomic E-state index is 0.0747. The Bertz CT molecular complexity index is 1130. The van der Waals surface area contributed by atoms with Crippen molar-refractivity contribution in [3.8, 4) is 5.75 Å². The lowest BCUT2D eigenvalue weighted by Crippen LogP contribution is -2.24. The number of rotatable bonds is 7. The van der Waals surface area contributed by atoms with E-state index in [9.17, 15) is 17.6 Å². The molecule has 2 aromatic carbocycles. The lowest BCUT2D eigenvalue weighted by Gasteiger charge is -2.12. The lowest BCUT2D eigenvalue weighted by molar-refractivity contribution is 0.102. The first-order chi connectivity index (χ1) is 13.8. The Hall–Kier alpha value is -3.17. The van der Waals surface area contributed by atoms with Crippen LogP contribution in [0.15, 0.2) is 64.1 Å². The first-order valence-corrected chi connectivity index (χ1v) is 10.1. The molecule has 3 aromatic rings. The Morgan fingerprint density at radius 1 is 1.17 bits per heavy atom. The standard InChI is InChI=1S/C20H19FN2O5S/c1-13-5-8-19(27-2)18(10-13)23-20(24)16-11-15(6-7-17(16)21)29(25,26)22-12-14-4-3-9-28-14/h3-11,22H,12H2,1-2H3,(H,23,24). The monoisotopic (exact) mass is 418 g/mol. The van der Waals surface area contributed by atoms with Crippen molar-refractivity contribution in [2.24, 2.45) is 0 Å². The molecule has 0 spiro atoms. The number of methoxy groups -OCH3 is 1. The van der Waals surface area contributed by atoms with E-state index in [0.29, 0.717) is 17.2 Å². The summed E-state index contributed by atoms with van der Waals surface area (Å²) in [6.07, 6.45) is 1.42. The molecule has 0 atom stereocenters. The maximum Gasteiger partial charge on any atom is 0.258 e. The van der Waals surface area contributed by atoms with Gasteiger partial charge in [0.2, 0.25) is 10.0 Å². The van der Waals surface area contributed by atoms with Gasteiger partial charge in [-0.25, -0.2) is 17.5 Å². The fourth-order valence-corrected chi connectivity index (χ4v) is 3.64. The number of carbonyl (C=O) groups is 1. The predicted octanol–water partition coefficient (Wildman–Crippen LogP) is 3.47. The number of anilines is 1. The molecule has 0 radical (unpaired) electrons. The molecule has 0 saturated heterocycles. The molecule has 0 unspecified atom stereocenters. The zero-order valence-corrected chi connectivity index (χ0v) is 16.5. The molecule has 29 heavy (non-hydrogen) atoms. The van der Waals surface area contributed by atoms with Crippen LogP contribution < -0.4 is 14.8 Å². The molecule has 0 bridgehead atoms. The summed E-state index contributed by atoms with van der Waals surface area (Å²) in [4.78, 5) is 12.4. The van der Waals surface area contributed by atoms with E-state index in [1.54, 1.807) is 30.3 Å². The third kappa shape index (κ3) is 4.82. The number of aryl methyl sites for hydroxylation is 1. The largest absolute Gasteiger partial charge is 0.495 e. The molecule has 152 valence electrons. The zero-order chi connectivity index (χ0) is 21.0. The maximum atomic E-state index is 14.3. The summed E-state index contributed by atoms with van der Waals surface area (Å²) in [6.45, 7) is 1.75. The maximum absolute atomic E-state index is 14.3. The summed E-state index contributed by atoms with van der Waals surface area (Å²) < 4.78 is 51.9. The molecule has 1 heterocycles. The molecule has 0 aliphatic carbocycles. The van der Waals surface area contributed by atoms with E-state index in [4.69, 9.17) is 9.15 Å². The van der Waals surface area contributed by atoms with Crippen LogP contribution in [-0.2, 0) is 16.6 Å². The Morgan fingerprint density at radius 3 is 2.66 bits per heavy atom. The first kappa shape index (κ1) is 20.6. The number of carbonyl (C=O) groups excluding carboxylic acids is 1. The van der Waals surface area contributed by atoms with Gasteiger partial charge in [-0.15, -0.1) is 0 Å². The molecule has 0 aliphatic rings. The summed E-state index contributed by atoms with van der Waals surface area (Å²) in [5, 5.41) is 2.56. The molecule has 1 aromatic heterocycles. The number of halogens is 1. The molecular formula is C20H19FN2O5S. The van der Waals surface area contributed by atoms with Gasteiger partial charge in [-0.1, -0.05) is 6.07 Å². The number of hydrogen-bond acceptors (Lipinski definition) is 5. The third-order valence-corrected chi connectivity index (χ3v) is 5.51. The Labute approximate surface area is 167 Å². The van der Waals surface area contributed by atoms with E-state index in [2.05, 4.69) is 10.0 Å². The SMILES string of the molecule is COc1ccc(C)cc1NC(=O)c1cc(S(=O)(=O)NCc2ccco2)ccc1F. The summed E-state index contributed by atoms with van der Waals surface area (Å²) in [5.41, 5.74) is 0.801. The number of amides is 1. The van der Waals surface area contributed by atoms with Crippen molar-refractivity contribution in [1.29, 1.82) is 0 Å². The summed E-state index contributed by atoms with van der Waals surface area (Å²) in [5.74, 6) is -0.831. The summed E-state index contributed by atoms with van der Waals surface area (Å²) >= 11 is 0. The molecule has 1 amide bonds. The van der Waals surface area contributed by atoms with Crippen molar-refractivity contribution in [3.05, 3.63) is 77.5 Å². The van der Waals surface area contributed by atoms with Crippen LogP contribution in [0.3, 0.4) is 0 Å². The smallest absolute Gasteiger partial charge is 0.258 e. The summed E-state index contributed by atoms with van der Waals surface area (Å²) in [7, 11) is -2.54. The van der Waals surface area contributed by atoms with Gasteiger partial charge in [-0.3, -0.25) is 4.79 Å².